The summed E-state index contributed by atoms with van der Waals surface area (Å²) in [6, 6.07) is -0.506. The molecule has 0 spiro atoms. The molecule has 0 radical (unpaired) electrons. The minimum Gasteiger partial charge on any atom is -0.481 e. The van der Waals surface area contributed by atoms with Gasteiger partial charge in [0.1, 0.15) is 6.42 Å². The Hall–Kier alpha value is -1.39. The van der Waals surface area contributed by atoms with Gasteiger partial charge in [0.2, 0.25) is 6.41 Å². The van der Waals surface area contributed by atoms with E-state index in [2.05, 4.69) is 0 Å². The van der Waals surface area contributed by atoms with Crippen molar-refractivity contribution in [3.8, 4) is 0 Å². The Labute approximate surface area is 75.3 Å². The summed E-state index contributed by atoms with van der Waals surface area (Å²) in [5.41, 5.74) is 0. The molecule has 1 rings (SSSR count). The fraction of sp³-hybridized carbons (Fsp3) is 0.625. The third-order valence-electron chi connectivity index (χ3n) is 2.13. The van der Waals surface area contributed by atoms with Crippen LogP contribution < -0.4 is 0 Å². The van der Waals surface area contributed by atoms with E-state index in [-0.39, 0.29) is 5.78 Å². The molecule has 72 valence electrons. The molecule has 5 heteroatoms. The van der Waals surface area contributed by atoms with Crippen molar-refractivity contribution < 1.29 is 19.5 Å². The molecule has 1 saturated heterocycles. The van der Waals surface area contributed by atoms with Crippen LogP contribution in [-0.2, 0) is 14.4 Å². The molecule has 1 amide bonds. The first kappa shape index (κ1) is 9.70. The molecule has 0 aromatic rings. The van der Waals surface area contributed by atoms with Crippen molar-refractivity contribution in [1.82, 2.24) is 4.90 Å². The molecule has 5 nitrogen and oxygen atoms in total. The van der Waals surface area contributed by atoms with Crippen LogP contribution in [0.5, 0.6) is 0 Å². The number of rotatable bonds is 4. The number of aliphatic carboxylic acids is 1. The van der Waals surface area contributed by atoms with Gasteiger partial charge in [-0.1, -0.05) is 0 Å². The SMILES string of the molecule is O=CN1CCCC1C(=O)CC(=O)O. The maximum atomic E-state index is 11.2. The van der Waals surface area contributed by atoms with Crippen LogP contribution in [0, 0.1) is 0 Å². The Bertz CT molecular complexity index is 238. The lowest BCUT2D eigenvalue weighted by molar-refractivity contribution is -0.142. The van der Waals surface area contributed by atoms with Gasteiger partial charge in [-0.25, -0.2) is 0 Å². The largest absolute Gasteiger partial charge is 0.481 e. The highest BCUT2D eigenvalue weighted by atomic mass is 16.4. The van der Waals surface area contributed by atoms with Gasteiger partial charge >= 0.3 is 5.97 Å². The van der Waals surface area contributed by atoms with Gasteiger partial charge in [-0.2, -0.15) is 0 Å². The number of carbonyl (C=O) groups is 3. The molecule has 0 aromatic carbocycles. The highest BCUT2D eigenvalue weighted by Crippen LogP contribution is 2.16. The van der Waals surface area contributed by atoms with E-state index in [0.717, 1.165) is 6.42 Å². The molecule has 0 saturated carbocycles. The van der Waals surface area contributed by atoms with Gasteiger partial charge in [0.25, 0.3) is 0 Å². The zero-order valence-electron chi connectivity index (χ0n) is 7.10. The molecule has 1 atom stereocenters. The molecule has 0 aliphatic carbocycles. The Morgan fingerprint density at radius 2 is 2.23 bits per heavy atom. The number of ketones is 1. The Balaban J connectivity index is 2.54. The van der Waals surface area contributed by atoms with Gasteiger partial charge in [-0.05, 0) is 12.8 Å². The second-order valence-electron chi connectivity index (χ2n) is 3.04. The quantitative estimate of drug-likeness (QED) is 0.480. The van der Waals surface area contributed by atoms with Crippen molar-refractivity contribution in [2.24, 2.45) is 0 Å². The molecule has 1 aliphatic heterocycles. The van der Waals surface area contributed by atoms with Crippen molar-refractivity contribution >= 4 is 18.2 Å². The van der Waals surface area contributed by atoms with E-state index in [1.807, 2.05) is 0 Å². The number of nitrogens with zero attached hydrogens (tertiary/aromatic N) is 1. The number of hydrogen-bond acceptors (Lipinski definition) is 3. The number of carboxylic acid groups (broad SMARTS) is 1. The van der Waals surface area contributed by atoms with E-state index in [0.29, 0.717) is 19.4 Å². The summed E-state index contributed by atoms with van der Waals surface area (Å²) in [6.07, 6.45) is 1.48. The molecular formula is C8H11NO4. The molecule has 0 aromatic heterocycles. The summed E-state index contributed by atoms with van der Waals surface area (Å²) in [6.45, 7) is 0.555. The number of Topliss-reactive ketones (excluding diaryl/α,β-unsaturated/α-hetero) is 1. The normalized spacial score (nSPS) is 21.5. The van der Waals surface area contributed by atoms with Crippen molar-refractivity contribution in [2.75, 3.05) is 6.54 Å². The highest BCUT2D eigenvalue weighted by molar-refractivity contribution is 5.98. The monoisotopic (exact) mass is 185 g/mol. The summed E-state index contributed by atoms with van der Waals surface area (Å²) >= 11 is 0. The van der Waals surface area contributed by atoms with E-state index in [4.69, 9.17) is 5.11 Å². The lowest BCUT2D eigenvalue weighted by atomic mass is 10.1. The smallest absolute Gasteiger partial charge is 0.310 e. The van der Waals surface area contributed by atoms with E-state index in [9.17, 15) is 14.4 Å². The van der Waals surface area contributed by atoms with Gasteiger partial charge in [-0.3, -0.25) is 14.4 Å². The zero-order valence-corrected chi connectivity index (χ0v) is 7.10. The average Bonchev–Trinajstić information content (AvgIpc) is 2.49. The highest BCUT2D eigenvalue weighted by Gasteiger charge is 2.30. The standard InChI is InChI=1S/C8H11NO4/c10-5-9-3-1-2-6(9)7(11)4-8(12)13/h5-6H,1-4H2,(H,12,13). The molecule has 1 heterocycles. The van der Waals surface area contributed by atoms with Gasteiger partial charge in [0.05, 0.1) is 6.04 Å². The first-order valence-corrected chi connectivity index (χ1v) is 4.10. The summed E-state index contributed by atoms with van der Waals surface area (Å²) in [5, 5.41) is 8.38. The summed E-state index contributed by atoms with van der Waals surface area (Å²) in [5.74, 6) is -1.51. The van der Waals surface area contributed by atoms with Crippen molar-refractivity contribution in [3.05, 3.63) is 0 Å². The molecule has 1 N–H and O–H groups in total. The van der Waals surface area contributed by atoms with Crippen LogP contribution in [0.25, 0.3) is 0 Å². The van der Waals surface area contributed by atoms with Crippen LogP contribution in [0.1, 0.15) is 19.3 Å². The number of carbonyl (C=O) groups excluding carboxylic acids is 2. The van der Waals surface area contributed by atoms with Gasteiger partial charge < -0.3 is 10.0 Å². The average molecular weight is 185 g/mol. The second kappa shape index (κ2) is 4.02. The first-order valence-electron chi connectivity index (χ1n) is 4.10. The van der Waals surface area contributed by atoms with Crippen LogP contribution in [-0.4, -0.2) is 40.8 Å². The summed E-state index contributed by atoms with van der Waals surface area (Å²) in [7, 11) is 0. The molecule has 1 fully saturated rings. The maximum Gasteiger partial charge on any atom is 0.310 e. The lowest BCUT2D eigenvalue weighted by Crippen LogP contribution is -2.35. The Morgan fingerprint density at radius 3 is 2.77 bits per heavy atom. The summed E-state index contributed by atoms with van der Waals surface area (Å²) < 4.78 is 0. The molecule has 13 heavy (non-hydrogen) atoms. The number of hydrogen-bond donors (Lipinski definition) is 1. The van der Waals surface area contributed by atoms with Crippen LogP contribution in [0.15, 0.2) is 0 Å². The first-order chi connectivity index (χ1) is 6.15. The Kier molecular flexibility index (Phi) is 3.00. The van der Waals surface area contributed by atoms with E-state index >= 15 is 0 Å². The van der Waals surface area contributed by atoms with Crippen LogP contribution in [0.2, 0.25) is 0 Å². The van der Waals surface area contributed by atoms with Crippen molar-refractivity contribution in [3.63, 3.8) is 0 Å². The van der Waals surface area contributed by atoms with E-state index in [1.54, 1.807) is 0 Å². The zero-order chi connectivity index (χ0) is 9.84. The fourth-order valence-electron chi connectivity index (χ4n) is 1.53. The van der Waals surface area contributed by atoms with Gasteiger partial charge in [0.15, 0.2) is 5.78 Å². The van der Waals surface area contributed by atoms with Crippen LogP contribution in [0.4, 0.5) is 0 Å². The minimum absolute atomic E-state index is 0.378. The maximum absolute atomic E-state index is 11.2. The lowest BCUT2D eigenvalue weighted by Gasteiger charge is -2.17. The van der Waals surface area contributed by atoms with Gasteiger partial charge in [0, 0.05) is 6.54 Å². The predicted molar refractivity (Wildman–Crippen MR) is 43.1 cm³/mol. The fourth-order valence-corrected chi connectivity index (χ4v) is 1.53. The van der Waals surface area contributed by atoms with E-state index < -0.39 is 18.4 Å². The number of carboxylic acids is 1. The molecule has 0 bridgehead atoms. The number of amides is 1. The van der Waals surface area contributed by atoms with E-state index in [1.165, 1.54) is 4.90 Å². The molecule has 1 aliphatic rings. The summed E-state index contributed by atoms with van der Waals surface area (Å²) in [4.78, 5) is 33.3. The molecular weight excluding hydrogens is 174 g/mol. The van der Waals surface area contributed by atoms with Crippen molar-refractivity contribution in [2.45, 2.75) is 25.3 Å². The minimum atomic E-state index is -1.14. The topological polar surface area (TPSA) is 74.7 Å². The second-order valence-corrected chi connectivity index (χ2v) is 3.04. The Morgan fingerprint density at radius 1 is 1.54 bits per heavy atom. The van der Waals surface area contributed by atoms with Crippen molar-refractivity contribution in [1.29, 1.82) is 0 Å². The third kappa shape index (κ3) is 2.27. The predicted octanol–water partition coefficient (Wildman–Crippen LogP) is -0.349. The van der Waals surface area contributed by atoms with Crippen LogP contribution in [0.3, 0.4) is 0 Å². The third-order valence-corrected chi connectivity index (χ3v) is 2.13. The molecule has 1 unspecified atom stereocenters. The van der Waals surface area contributed by atoms with Gasteiger partial charge in [-0.15, -0.1) is 0 Å². The van der Waals surface area contributed by atoms with Crippen LogP contribution >= 0.6 is 0 Å². The number of likely N-dealkylation sites (tertiary alicyclic amines) is 1.